The summed E-state index contributed by atoms with van der Waals surface area (Å²) in [5.41, 5.74) is 2.81. The van der Waals surface area contributed by atoms with Gasteiger partial charge in [-0.05, 0) is 132 Å². The number of nitrogens with zero attached hydrogens (tertiary/aromatic N) is 1. The molecule has 0 heterocycles. The van der Waals surface area contributed by atoms with E-state index in [9.17, 15) is 4.79 Å². The van der Waals surface area contributed by atoms with E-state index >= 15 is 0 Å². The normalized spacial score (nSPS) is 25.8. The highest BCUT2D eigenvalue weighted by molar-refractivity contribution is 5.69. The first-order chi connectivity index (χ1) is 24.6. The van der Waals surface area contributed by atoms with Crippen molar-refractivity contribution in [3.63, 3.8) is 0 Å². The van der Waals surface area contributed by atoms with Crippen LogP contribution in [0.1, 0.15) is 103 Å². The molecule has 0 spiro atoms. The molecule has 1 aromatic carbocycles. The van der Waals surface area contributed by atoms with Gasteiger partial charge in [-0.3, -0.25) is 4.79 Å². The van der Waals surface area contributed by atoms with Crippen LogP contribution in [0.3, 0.4) is 0 Å². The van der Waals surface area contributed by atoms with Gasteiger partial charge in [-0.1, -0.05) is 25.8 Å². The fourth-order valence-corrected chi connectivity index (χ4v) is 9.03. The number of hydrogen-bond acceptors (Lipinski definition) is 10. The molecule has 3 aliphatic rings. The quantitative estimate of drug-likeness (QED) is 0.0631. The Bertz CT molecular complexity index is 1160. The molecule has 0 bridgehead atoms. The van der Waals surface area contributed by atoms with Gasteiger partial charge in [0, 0.05) is 20.8 Å². The summed E-state index contributed by atoms with van der Waals surface area (Å²) in [6.45, 7) is 13.8. The molecule has 1 aromatic rings. The van der Waals surface area contributed by atoms with Gasteiger partial charge < -0.3 is 42.8 Å². The second kappa shape index (κ2) is 21.2. The predicted octanol–water partition coefficient (Wildman–Crippen LogP) is 7.01. The maximum atomic E-state index is 11.7. The molecule has 6 atom stereocenters. The first-order valence-corrected chi connectivity index (χ1v) is 19.5. The minimum atomic E-state index is -0.464. The van der Waals surface area contributed by atoms with Crippen molar-refractivity contribution in [2.45, 2.75) is 110 Å². The minimum Gasteiger partial charge on any atom is -0.468 e. The average molecular weight is 720 g/mol. The first-order valence-electron chi connectivity index (χ1n) is 19.5. The second-order valence-corrected chi connectivity index (χ2v) is 16.2. The zero-order valence-electron chi connectivity index (χ0n) is 32.9. The Morgan fingerprint density at radius 3 is 2.33 bits per heavy atom. The summed E-state index contributed by atoms with van der Waals surface area (Å²) in [5.74, 6) is 3.38. The summed E-state index contributed by atoms with van der Waals surface area (Å²) in [6, 6.07) is 6.79. The topological polar surface area (TPSA) is 94.2 Å². The van der Waals surface area contributed by atoms with Crippen LogP contribution in [0.15, 0.2) is 18.2 Å². The van der Waals surface area contributed by atoms with Crippen molar-refractivity contribution >= 4 is 5.97 Å². The molecule has 0 aliphatic heterocycles. The fraction of sp³-hybridized carbons (Fsp3) is 0.829. The van der Waals surface area contributed by atoms with Crippen molar-refractivity contribution in [1.82, 2.24) is 4.90 Å². The van der Waals surface area contributed by atoms with Crippen LogP contribution in [0.4, 0.5) is 0 Å². The third kappa shape index (κ3) is 12.9. The molecule has 2 fully saturated rings. The number of esters is 1. The van der Waals surface area contributed by atoms with Gasteiger partial charge in [-0.2, -0.15) is 0 Å². The van der Waals surface area contributed by atoms with Crippen molar-refractivity contribution in [3.05, 3.63) is 29.3 Å². The van der Waals surface area contributed by atoms with E-state index in [0.717, 1.165) is 31.7 Å². The van der Waals surface area contributed by atoms with E-state index in [1.165, 1.54) is 50.5 Å². The molecule has 10 heteroatoms. The lowest BCUT2D eigenvalue weighted by Gasteiger charge is -2.53. The van der Waals surface area contributed by atoms with Gasteiger partial charge in [0.2, 0.25) is 0 Å². The van der Waals surface area contributed by atoms with Crippen molar-refractivity contribution < 1.29 is 42.7 Å². The molecule has 0 saturated heterocycles. The number of likely N-dealkylation sites (N-methyl/N-ethyl adjacent to an activating group) is 1. The van der Waals surface area contributed by atoms with Gasteiger partial charge >= 0.3 is 5.97 Å². The molecule has 0 N–H and O–H groups in total. The lowest BCUT2D eigenvalue weighted by atomic mass is 9.52. The third-order valence-electron chi connectivity index (χ3n) is 11.4. The predicted molar refractivity (Wildman–Crippen MR) is 198 cm³/mol. The number of hydrogen-bond donors (Lipinski definition) is 0. The molecular formula is C41H69NO9. The van der Waals surface area contributed by atoms with Crippen molar-refractivity contribution in [3.8, 4) is 5.75 Å². The van der Waals surface area contributed by atoms with Crippen LogP contribution in [-0.2, 0) is 44.4 Å². The largest absolute Gasteiger partial charge is 0.468 e. The summed E-state index contributed by atoms with van der Waals surface area (Å²) in [6.07, 6.45) is 11.5. The number of fused-ring (bicyclic) bond motifs is 5. The van der Waals surface area contributed by atoms with E-state index < -0.39 is 5.60 Å². The molecule has 0 aromatic heterocycles. The van der Waals surface area contributed by atoms with E-state index in [-0.39, 0.29) is 24.6 Å². The van der Waals surface area contributed by atoms with Gasteiger partial charge in [0.25, 0.3) is 0 Å². The zero-order valence-corrected chi connectivity index (χ0v) is 32.9. The van der Waals surface area contributed by atoms with Gasteiger partial charge in [0.05, 0.1) is 52.2 Å². The number of methoxy groups -OCH3 is 2. The highest BCUT2D eigenvalue weighted by Gasteiger charge is 2.57. The molecule has 10 nitrogen and oxygen atoms in total. The van der Waals surface area contributed by atoms with Crippen molar-refractivity contribution in [2.75, 3.05) is 87.6 Å². The van der Waals surface area contributed by atoms with Crippen LogP contribution >= 0.6 is 0 Å². The number of benzene rings is 1. The van der Waals surface area contributed by atoms with E-state index in [1.807, 2.05) is 20.8 Å². The van der Waals surface area contributed by atoms with E-state index in [1.54, 1.807) is 19.8 Å². The molecular weight excluding hydrogens is 650 g/mol. The smallest absolute Gasteiger partial charge is 0.308 e. The first kappa shape index (κ1) is 42.0. The van der Waals surface area contributed by atoms with Gasteiger partial charge in [0.15, 0.2) is 6.79 Å². The molecule has 0 radical (unpaired) electrons. The average Bonchev–Trinajstić information content (AvgIpc) is 3.43. The summed E-state index contributed by atoms with van der Waals surface area (Å²) >= 11 is 0. The number of ether oxygens (including phenoxy) is 8. The number of rotatable bonds is 24. The Balaban J connectivity index is 1.13. The van der Waals surface area contributed by atoms with Crippen LogP contribution in [0.25, 0.3) is 0 Å². The van der Waals surface area contributed by atoms with Gasteiger partial charge in [0.1, 0.15) is 18.1 Å². The molecule has 51 heavy (non-hydrogen) atoms. The van der Waals surface area contributed by atoms with Crippen LogP contribution < -0.4 is 4.74 Å². The molecule has 0 amide bonds. The molecule has 3 aliphatic carbocycles. The zero-order chi connectivity index (χ0) is 36.7. The van der Waals surface area contributed by atoms with E-state index in [2.05, 4.69) is 37.1 Å². The molecule has 4 rings (SSSR count). The minimum absolute atomic E-state index is 0.229. The number of carbonyl (C=O) groups is 1. The highest BCUT2D eigenvalue weighted by Crippen LogP contribution is 2.63. The van der Waals surface area contributed by atoms with Crippen molar-refractivity contribution in [1.29, 1.82) is 0 Å². The van der Waals surface area contributed by atoms with Crippen LogP contribution in [0.2, 0.25) is 0 Å². The van der Waals surface area contributed by atoms with Crippen molar-refractivity contribution in [2.24, 2.45) is 23.2 Å². The SMILES string of the molecule is COCOc1ccc2c(c1)C[C@@H](CCCCCN(C)CCOCCOCCOCCC(=O)OC(C)(C)C)[C@@H]1[C@@H]2CC[C@]2(C)[C@@H](OCOC)CC[C@@H]12. The third-order valence-corrected chi connectivity index (χ3v) is 11.4. The summed E-state index contributed by atoms with van der Waals surface area (Å²) in [7, 11) is 5.59. The second-order valence-electron chi connectivity index (χ2n) is 16.2. The maximum Gasteiger partial charge on any atom is 0.308 e. The molecule has 0 unspecified atom stereocenters. The Hall–Kier alpha value is -1.79. The fourth-order valence-electron chi connectivity index (χ4n) is 9.03. The highest BCUT2D eigenvalue weighted by atomic mass is 16.7. The molecule has 292 valence electrons. The summed E-state index contributed by atoms with van der Waals surface area (Å²) in [5, 5.41) is 0. The Labute approximate surface area is 308 Å². The van der Waals surface area contributed by atoms with Gasteiger partial charge in [-0.25, -0.2) is 0 Å². The standard InChI is InChI=1S/C41H69NO9/c1-40(2,3)51-38(43)17-21-46-23-25-48-26-24-47-22-20-42(5)19-10-8-9-11-31-27-32-28-33(49-29-44-6)12-13-34(32)35-16-18-41(4)36(39(31)35)14-15-37(41)50-30-45-7/h12-13,28,31,35-37,39H,8-11,14-27,29-30H2,1-7H3/t31-,35-,36+,37+,39-,41+/m1/s1. The summed E-state index contributed by atoms with van der Waals surface area (Å²) in [4.78, 5) is 14.1. The van der Waals surface area contributed by atoms with Crippen LogP contribution in [-0.4, -0.2) is 110 Å². The monoisotopic (exact) mass is 719 g/mol. The summed E-state index contributed by atoms with van der Waals surface area (Å²) < 4.78 is 44.8. The Kier molecular flexibility index (Phi) is 17.4. The van der Waals surface area contributed by atoms with E-state index in [4.69, 9.17) is 37.9 Å². The lowest BCUT2D eigenvalue weighted by Crippen LogP contribution is -2.47. The van der Waals surface area contributed by atoms with Gasteiger partial charge in [-0.15, -0.1) is 0 Å². The number of unbranched alkanes of at least 4 members (excludes halogenated alkanes) is 2. The Morgan fingerprint density at radius 1 is 0.882 bits per heavy atom. The van der Waals surface area contributed by atoms with Crippen LogP contribution in [0, 0.1) is 23.2 Å². The molecule has 2 saturated carbocycles. The maximum absolute atomic E-state index is 11.7. The van der Waals surface area contributed by atoms with E-state index in [0.29, 0.717) is 76.2 Å². The number of carbonyl (C=O) groups excluding carboxylic acids is 1. The Morgan fingerprint density at radius 2 is 1.61 bits per heavy atom. The lowest BCUT2D eigenvalue weighted by molar-refractivity contribution is -0.156. The van der Waals surface area contributed by atoms with Crippen LogP contribution in [0.5, 0.6) is 5.75 Å².